The summed E-state index contributed by atoms with van der Waals surface area (Å²) in [7, 11) is 2.98. The van der Waals surface area contributed by atoms with Crippen molar-refractivity contribution < 1.29 is 14.6 Å². The van der Waals surface area contributed by atoms with Crippen molar-refractivity contribution in [2.45, 2.75) is 26.4 Å². The number of rotatable bonds is 7. The number of benzene rings is 2. The molecule has 2 rings (SSSR count). The minimum absolute atomic E-state index is 0.0336. The monoisotopic (exact) mass is 425 g/mol. The largest absolute Gasteiger partial charge is 0.502 e. The van der Waals surface area contributed by atoms with E-state index in [0.717, 1.165) is 11.1 Å². The smallest absolute Gasteiger partial charge is 0.200 e. The van der Waals surface area contributed by atoms with Crippen molar-refractivity contribution in [2.75, 3.05) is 20.8 Å². The zero-order valence-corrected chi connectivity index (χ0v) is 17.9. The molecule has 152 valence electrons. The number of ether oxygens (including phenoxy) is 2. The highest BCUT2D eigenvalue weighted by Gasteiger charge is 2.13. The summed E-state index contributed by atoms with van der Waals surface area (Å²) in [6.07, 6.45) is 0. The fourth-order valence-electron chi connectivity index (χ4n) is 2.66. The van der Waals surface area contributed by atoms with Gasteiger partial charge in [-0.3, -0.25) is 0 Å². The van der Waals surface area contributed by atoms with Gasteiger partial charge in [0.25, 0.3) is 0 Å². The van der Waals surface area contributed by atoms with Gasteiger partial charge in [-0.2, -0.15) is 0 Å². The molecule has 0 saturated carbocycles. The Labute approximate surface area is 175 Å². The van der Waals surface area contributed by atoms with Gasteiger partial charge in [0.05, 0.1) is 26.8 Å². The number of hydrogen-bond acceptors (Lipinski definition) is 4. The van der Waals surface area contributed by atoms with E-state index >= 15 is 0 Å². The van der Waals surface area contributed by atoms with Crippen molar-refractivity contribution >= 4 is 29.2 Å². The van der Waals surface area contributed by atoms with Gasteiger partial charge in [0.15, 0.2) is 17.5 Å². The Kier molecular flexibility index (Phi) is 8.08. The highest BCUT2D eigenvalue weighted by molar-refractivity contribution is 6.35. The summed E-state index contributed by atoms with van der Waals surface area (Å²) in [6.45, 7) is 5.05. The number of aliphatic imine (C=N–C) groups is 1. The number of nitrogens with one attached hydrogen (secondary N) is 2. The quantitative estimate of drug-likeness (QED) is 0.448. The lowest BCUT2D eigenvalue weighted by molar-refractivity contribution is 0.339. The molecule has 0 heterocycles. The Morgan fingerprint density at radius 3 is 2.32 bits per heavy atom. The minimum atomic E-state index is -0.0774. The predicted molar refractivity (Wildman–Crippen MR) is 114 cm³/mol. The Morgan fingerprint density at radius 2 is 1.79 bits per heavy atom. The van der Waals surface area contributed by atoms with Gasteiger partial charge >= 0.3 is 0 Å². The normalized spacial score (nSPS) is 12.4. The van der Waals surface area contributed by atoms with Gasteiger partial charge in [-0.1, -0.05) is 29.3 Å². The average Bonchev–Trinajstić information content (AvgIpc) is 2.66. The molecule has 0 aromatic heterocycles. The summed E-state index contributed by atoms with van der Waals surface area (Å²) in [4.78, 5) is 4.61. The second-order valence-electron chi connectivity index (χ2n) is 6.08. The molecule has 0 spiro atoms. The molecule has 0 bridgehead atoms. The van der Waals surface area contributed by atoms with Crippen LogP contribution in [0.1, 0.15) is 31.0 Å². The molecule has 3 N–H and O–H groups in total. The third-order valence-corrected chi connectivity index (χ3v) is 4.65. The number of aromatic hydroxyl groups is 1. The van der Waals surface area contributed by atoms with E-state index in [1.54, 1.807) is 24.3 Å². The molecule has 2 aromatic carbocycles. The topological polar surface area (TPSA) is 75.1 Å². The highest BCUT2D eigenvalue weighted by Crippen LogP contribution is 2.37. The van der Waals surface area contributed by atoms with Crippen LogP contribution in [-0.4, -0.2) is 31.8 Å². The molecular weight excluding hydrogens is 401 g/mol. The summed E-state index contributed by atoms with van der Waals surface area (Å²) in [6, 6.07) is 8.79. The molecule has 0 aliphatic rings. The van der Waals surface area contributed by atoms with Crippen molar-refractivity contribution in [1.29, 1.82) is 0 Å². The molecule has 0 aliphatic carbocycles. The molecule has 2 aromatic rings. The number of phenolic OH excluding ortho intramolecular Hbond substituents is 1. The second kappa shape index (κ2) is 10.3. The van der Waals surface area contributed by atoms with Gasteiger partial charge < -0.3 is 25.2 Å². The van der Waals surface area contributed by atoms with Crippen LogP contribution in [0.5, 0.6) is 17.2 Å². The Hall–Kier alpha value is -2.31. The van der Waals surface area contributed by atoms with Crippen molar-refractivity contribution in [2.24, 2.45) is 4.99 Å². The third-order valence-electron chi connectivity index (χ3n) is 4.09. The molecule has 0 amide bonds. The maximum absolute atomic E-state index is 10.0. The maximum Gasteiger partial charge on any atom is 0.200 e. The van der Waals surface area contributed by atoms with Gasteiger partial charge in [-0.25, -0.2) is 4.99 Å². The summed E-state index contributed by atoms with van der Waals surface area (Å²) in [5.74, 6) is 1.27. The first-order valence-corrected chi connectivity index (χ1v) is 9.58. The first-order valence-electron chi connectivity index (χ1n) is 8.83. The second-order valence-corrected chi connectivity index (χ2v) is 6.92. The molecule has 1 atom stereocenters. The first kappa shape index (κ1) is 22.0. The zero-order chi connectivity index (χ0) is 20.7. The molecule has 8 heteroatoms. The summed E-state index contributed by atoms with van der Waals surface area (Å²) >= 11 is 12.3. The summed E-state index contributed by atoms with van der Waals surface area (Å²) < 4.78 is 10.4. The standard InChI is InChI=1S/C20H25Cl2N3O3/c1-5-23-20(25-12(2)15-7-6-14(21)10-16(15)22)24-11-13-8-17(27-3)19(26)18(9-13)28-4/h6-10,12,26H,5,11H2,1-4H3,(H2,23,24,25). The number of halogens is 2. The molecule has 6 nitrogen and oxygen atoms in total. The van der Waals surface area contributed by atoms with E-state index < -0.39 is 0 Å². The molecular formula is C20H25Cl2N3O3. The van der Waals surface area contributed by atoms with E-state index in [0.29, 0.717) is 40.6 Å². The van der Waals surface area contributed by atoms with Crippen LogP contribution in [-0.2, 0) is 6.54 Å². The fourth-order valence-corrected chi connectivity index (χ4v) is 3.24. The number of nitrogens with zero attached hydrogens (tertiary/aromatic N) is 1. The van der Waals surface area contributed by atoms with Crippen LogP contribution in [0.3, 0.4) is 0 Å². The van der Waals surface area contributed by atoms with Gasteiger partial charge in [0.1, 0.15) is 0 Å². The lowest BCUT2D eigenvalue weighted by Gasteiger charge is -2.19. The fraction of sp³-hybridized carbons (Fsp3) is 0.350. The number of guanidine groups is 1. The van der Waals surface area contributed by atoms with Crippen LogP contribution >= 0.6 is 23.2 Å². The highest BCUT2D eigenvalue weighted by atomic mass is 35.5. The molecule has 0 radical (unpaired) electrons. The molecule has 0 aliphatic heterocycles. The predicted octanol–water partition coefficient (Wildman–Crippen LogP) is 4.53. The third kappa shape index (κ3) is 5.59. The molecule has 0 fully saturated rings. The SMILES string of the molecule is CCNC(=NCc1cc(OC)c(O)c(OC)c1)NC(C)c1ccc(Cl)cc1Cl. The van der Waals surface area contributed by atoms with Crippen molar-refractivity contribution in [3.63, 3.8) is 0 Å². The van der Waals surface area contributed by atoms with Gasteiger partial charge in [-0.15, -0.1) is 0 Å². The first-order chi connectivity index (χ1) is 13.4. The molecule has 0 saturated heterocycles. The minimum Gasteiger partial charge on any atom is -0.502 e. The van der Waals surface area contributed by atoms with Crippen molar-refractivity contribution in [3.05, 3.63) is 51.5 Å². The summed E-state index contributed by atoms with van der Waals surface area (Å²) in [5.41, 5.74) is 1.76. The van der Waals surface area contributed by atoms with Crippen LogP contribution in [0.15, 0.2) is 35.3 Å². The maximum atomic E-state index is 10.0. The Bertz CT molecular complexity index is 818. The average molecular weight is 426 g/mol. The molecule has 28 heavy (non-hydrogen) atoms. The molecule has 1 unspecified atom stereocenters. The van der Waals surface area contributed by atoms with Crippen molar-refractivity contribution in [3.8, 4) is 17.2 Å². The van der Waals surface area contributed by atoms with Gasteiger partial charge in [0, 0.05) is 16.6 Å². The van der Waals surface area contributed by atoms with Crippen LogP contribution in [0.4, 0.5) is 0 Å². The van der Waals surface area contributed by atoms with Crippen LogP contribution in [0.25, 0.3) is 0 Å². The van der Waals surface area contributed by atoms with E-state index in [1.807, 2.05) is 19.9 Å². The lowest BCUT2D eigenvalue weighted by Crippen LogP contribution is -2.38. The Morgan fingerprint density at radius 1 is 1.14 bits per heavy atom. The van der Waals surface area contributed by atoms with E-state index in [9.17, 15) is 5.11 Å². The van der Waals surface area contributed by atoms with E-state index in [4.69, 9.17) is 32.7 Å². The zero-order valence-electron chi connectivity index (χ0n) is 16.3. The van der Waals surface area contributed by atoms with Crippen LogP contribution < -0.4 is 20.1 Å². The number of methoxy groups -OCH3 is 2. The number of hydrogen-bond donors (Lipinski definition) is 3. The number of phenols is 1. The lowest BCUT2D eigenvalue weighted by atomic mass is 10.1. The summed E-state index contributed by atoms with van der Waals surface area (Å²) in [5, 5.41) is 17.8. The van der Waals surface area contributed by atoms with E-state index in [-0.39, 0.29) is 11.8 Å². The van der Waals surface area contributed by atoms with Crippen LogP contribution in [0, 0.1) is 0 Å². The van der Waals surface area contributed by atoms with Gasteiger partial charge in [-0.05, 0) is 49.2 Å². The van der Waals surface area contributed by atoms with Crippen LogP contribution in [0.2, 0.25) is 10.0 Å². The van der Waals surface area contributed by atoms with E-state index in [1.165, 1.54) is 14.2 Å². The Balaban J connectivity index is 2.20. The van der Waals surface area contributed by atoms with Gasteiger partial charge in [0.2, 0.25) is 5.75 Å². The van der Waals surface area contributed by atoms with E-state index in [2.05, 4.69) is 15.6 Å². The van der Waals surface area contributed by atoms with Crippen molar-refractivity contribution in [1.82, 2.24) is 10.6 Å².